The van der Waals surface area contributed by atoms with Crippen molar-refractivity contribution in [2.24, 2.45) is 5.92 Å². The Kier molecular flexibility index (Phi) is 6.07. The van der Waals surface area contributed by atoms with Crippen molar-refractivity contribution >= 4 is 5.69 Å². The van der Waals surface area contributed by atoms with Crippen LogP contribution in [0, 0.1) is 12.8 Å². The molecule has 1 aliphatic rings. The molecule has 21 heavy (non-hydrogen) atoms. The fourth-order valence-electron chi connectivity index (χ4n) is 3.13. The molecular weight excluding hydrogens is 260 g/mol. The first-order chi connectivity index (χ1) is 10.1. The highest BCUT2D eigenvalue weighted by atomic mass is 16.5. The van der Waals surface area contributed by atoms with Gasteiger partial charge in [0.05, 0.1) is 6.61 Å². The summed E-state index contributed by atoms with van der Waals surface area (Å²) in [5.41, 5.74) is 4.15. The number of rotatable bonds is 6. The highest BCUT2D eigenvalue weighted by Gasteiger charge is 2.21. The van der Waals surface area contributed by atoms with E-state index in [2.05, 4.69) is 49.2 Å². The summed E-state index contributed by atoms with van der Waals surface area (Å²) in [6.07, 6.45) is 2.55. The first-order valence-electron chi connectivity index (χ1n) is 8.17. The van der Waals surface area contributed by atoms with Crippen LogP contribution in [0.4, 0.5) is 5.69 Å². The second kappa shape index (κ2) is 7.81. The monoisotopic (exact) mass is 290 g/mol. The zero-order valence-corrected chi connectivity index (χ0v) is 14.0. The lowest BCUT2D eigenvalue weighted by atomic mass is 9.97. The van der Waals surface area contributed by atoms with E-state index in [4.69, 9.17) is 4.74 Å². The summed E-state index contributed by atoms with van der Waals surface area (Å²) in [6.45, 7) is 10.7. The lowest BCUT2D eigenvalue weighted by Crippen LogP contribution is -2.38. The number of hydrogen-bond acceptors (Lipinski definition) is 3. The number of nitrogens with one attached hydrogen (secondary N) is 1. The van der Waals surface area contributed by atoms with Gasteiger partial charge in [-0.05, 0) is 37.3 Å². The molecule has 1 heterocycles. The van der Waals surface area contributed by atoms with Gasteiger partial charge in [0.15, 0.2) is 0 Å². The van der Waals surface area contributed by atoms with Crippen LogP contribution in [0.25, 0.3) is 0 Å². The Morgan fingerprint density at radius 3 is 2.90 bits per heavy atom. The normalized spacial score (nSPS) is 19.3. The molecular formula is C18H30N2O. The predicted molar refractivity (Wildman–Crippen MR) is 90.0 cm³/mol. The Bertz CT molecular complexity index is 443. The van der Waals surface area contributed by atoms with Crippen molar-refractivity contribution in [1.29, 1.82) is 0 Å². The molecule has 1 aromatic rings. The van der Waals surface area contributed by atoms with Crippen molar-refractivity contribution in [3.8, 4) is 0 Å². The van der Waals surface area contributed by atoms with E-state index in [-0.39, 0.29) is 0 Å². The molecule has 1 aromatic carbocycles. The SMILES string of the molecule is COCC1CCCN(c2ccc(C)cc2CNC(C)C)C1. The van der Waals surface area contributed by atoms with Gasteiger partial charge in [-0.1, -0.05) is 31.5 Å². The predicted octanol–water partition coefficient (Wildman–Crippen LogP) is 3.36. The highest BCUT2D eigenvalue weighted by Crippen LogP contribution is 2.27. The van der Waals surface area contributed by atoms with E-state index in [0.29, 0.717) is 12.0 Å². The van der Waals surface area contributed by atoms with Crippen LogP contribution in [0.2, 0.25) is 0 Å². The number of piperidine rings is 1. The summed E-state index contributed by atoms with van der Waals surface area (Å²) in [6, 6.07) is 7.36. The van der Waals surface area contributed by atoms with Gasteiger partial charge in [-0.25, -0.2) is 0 Å². The Morgan fingerprint density at radius 2 is 2.19 bits per heavy atom. The topological polar surface area (TPSA) is 24.5 Å². The van der Waals surface area contributed by atoms with Crippen LogP contribution in [-0.4, -0.2) is 32.8 Å². The molecule has 2 rings (SSSR count). The van der Waals surface area contributed by atoms with Crippen molar-refractivity contribution < 1.29 is 4.74 Å². The van der Waals surface area contributed by atoms with Gasteiger partial charge in [-0.2, -0.15) is 0 Å². The van der Waals surface area contributed by atoms with Crippen LogP contribution in [0.15, 0.2) is 18.2 Å². The van der Waals surface area contributed by atoms with Crippen molar-refractivity contribution in [2.45, 2.75) is 46.2 Å². The molecule has 3 nitrogen and oxygen atoms in total. The van der Waals surface area contributed by atoms with Crippen LogP contribution in [-0.2, 0) is 11.3 Å². The lowest BCUT2D eigenvalue weighted by molar-refractivity contribution is 0.143. The Morgan fingerprint density at radius 1 is 1.38 bits per heavy atom. The molecule has 1 unspecified atom stereocenters. The molecule has 1 saturated heterocycles. The quantitative estimate of drug-likeness (QED) is 0.869. The number of hydrogen-bond donors (Lipinski definition) is 1. The average Bonchev–Trinajstić information content (AvgIpc) is 2.46. The zero-order valence-electron chi connectivity index (χ0n) is 14.0. The Labute approximate surface area is 129 Å². The summed E-state index contributed by atoms with van der Waals surface area (Å²) < 4.78 is 5.35. The third-order valence-electron chi connectivity index (χ3n) is 4.20. The number of benzene rings is 1. The lowest BCUT2D eigenvalue weighted by Gasteiger charge is -2.35. The van der Waals surface area contributed by atoms with E-state index < -0.39 is 0 Å². The number of methoxy groups -OCH3 is 1. The molecule has 0 radical (unpaired) electrons. The van der Waals surface area contributed by atoms with Gasteiger partial charge >= 0.3 is 0 Å². The number of aryl methyl sites for hydroxylation is 1. The summed E-state index contributed by atoms with van der Waals surface area (Å²) in [7, 11) is 1.81. The number of nitrogens with zero attached hydrogens (tertiary/aromatic N) is 1. The third-order valence-corrected chi connectivity index (χ3v) is 4.20. The molecule has 0 bridgehead atoms. The summed E-state index contributed by atoms with van der Waals surface area (Å²) in [5, 5.41) is 3.55. The molecule has 1 fully saturated rings. The molecule has 0 amide bonds. The van der Waals surface area contributed by atoms with Crippen molar-refractivity contribution in [3.63, 3.8) is 0 Å². The van der Waals surface area contributed by atoms with Crippen LogP contribution < -0.4 is 10.2 Å². The smallest absolute Gasteiger partial charge is 0.0507 e. The molecule has 118 valence electrons. The van der Waals surface area contributed by atoms with Gasteiger partial charge in [0, 0.05) is 38.5 Å². The minimum Gasteiger partial charge on any atom is -0.384 e. The molecule has 1 N–H and O–H groups in total. The van der Waals surface area contributed by atoms with E-state index in [0.717, 1.165) is 26.2 Å². The van der Waals surface area contributed by atoms with Crippen molar-refractivity contribution in [2.75, 3.05) is 31.7 Å². The number of anilines is 1. The van der Waals surface area contributed by atoms with Gasteiger partial charge < -0.3 is 15.0 Å². The maximum absolute atomic E-state index is 5.35. The molecule has 0 spiro atoms. The Balaban J connectivity index is 2.13. The van der Waals surface area contributed by atoms with Crippen molar-refractivity contribution in [1.82, 2.24) is 5.32 Å². The summed E-state index contributed by atoms with van der Waals surface area (Å²) in [5.74, 6) is 0.663. The Hall–Kier alpha value is -1.06. The summed E-state index contributed by atoms with van der Waals surface area (Å²) in [4.78, 5) is 2.55. The number of ether oxygens (including phenoxy) is 1. The minimum absolute atomic E-state index is 0.515. The van der Waals surface area contributed by atoms with E-state index in [1.165, 1.54) is 29.7 Å². The second-order valence-electron chi connectivity index (χ2n) is 6.58. The van der Waals surface area contributed by atoms with Gasteiger partial charge in [-0.3, -0.25) is 0 Å². The fraction of sp³-hybridized carbons (Fsp3) is 0.667. The van der Waals surface area contributed by atoms with Gasteiger partial charge in [-0.15, -0.1) is 0 Å². The highest BCUT2D eigenvalue weighted by molar-refractivity contribution is 5.55. The van der Waals surface area contributed by atoms with Gasteiger partial charge in [0.1, 0.15) is 0 Å². The standard InChI is InChI=1S/C18H30N2O/c1-14(2)19-11-17-10-15(3)7-8-18(17)20-9-5-6-16(12-20)13-21-4/h7-8,10,14,16,19H,5-6,9,11-13H2,1-4H3. The molecule has 0 aliphatic carbocycles. The van der Waals surface area contributed by atoms with Crippen LogP contribution >= 0.6 is 0 Å². The van der Waals surface area contributed by atoms with Crippen LogP contribution in [0.5, 0.6) is 0 Å². The van der Waals surface area contributed by atoms with Gasteiger partial charge in [0.2, 0.25) is 0 Å². The maximum atomic E-state index is 5.35. The molecule has 0 saturated carbocycles. The van der Waals surface area contributed by atoms with Gasteiger partial charge in [0.25, 0.3) is 0 Å². The first kappa shape index (κ1) is 16.3. The van der Waals surface area contributed by atoms with Crippen LogP contribution in [0.1, 0.15) is 37.8 Å². The van der Waals surface area contributed by atoms with Crippen molar-refractivity contribution in [3.05, 3.63) is 29.3 Å². The van der Waals surface area contributed by atoms with Crippen LogP contribution in [0.3, 0.4) is 0 Å². The third kappa shape index (κ3) is 4.72. The van der Waals surface area contributed by atoms with E-state index in [9.17, 15) is 0 Å². The molecule has 1 aliphatic heterocycles. The molecule has 3 heteroatoms. The molecule has 0 aromatic heterocycles. The van der Waals surface area contributed by atoms with E-state index >= 15 is 0 Å². The minimum atomic E-state index is 0.515. The average molecular weight is 290 g/mol. The fourth-order valence-corrected chi connectivity index (χ4v) is 3.13. The first-order valence-corrected chi connectivity index (χ1v) is 8.17. The van der Waals surface area contributed by atoms with E-state index in [1.807, 2.05) is 7.11 Å². The second-order valence-corrected chi connectivity index (χ2v) is 6.58. The van der Waals surface area contributed by atoms with E-state index in [1.54, 1.807) is 0 Å². The maximum Gasteiger partial charge on any atom is 0.0507 e. The summed E-state index contributed by atoms with van der Waals surface area (Å²) >= 11 is 0. The largest absolute Gasteiger partial charge is 0.384 e. The molecule has 1 atom stereocenters. The zero-order chi connectivity index (χ0) is 15.2.